The number of nitrogens with zero attached hydrogens (tertiary/aromatic N) is 2. The molecule has 1 aromatic carbocycles. The number of likely N-dealkylation sites (tertiary alicyclic amines) is 1. The molecule has 0 amide bonds. The Kier molecular flexibility index (Phi) is 4.32. The number of hydrogen-bond acceptors (Lipinski definition) is 3. The predicted molar refractivity (Wildman–Crippen MR) is 85.2 cm³/mol. The van der Waals surface area contributed by atoms with Crippen molar-refractivity contribution in [2.75, 3.05) is 13.1 Å². The standard InChI is InChI=1S/C17H21ClN2O/c1-12-7-13(2)10-20(9-12)11-17-19-8-16(21-17)14-3-5-15(18)6-4-14/h3-6,8,12-13H,7,9-11H2,1-2H3/t12-,13-/m1/s1. The maximum absolute atomic E-state index is 5.91. The van der Waals surface area contributed by atoms with Crippen LogP contribution in [0.4, 0.5) is 0 Å². The van der Waals surface area contributed by atoms with Gasteiger partial charge in [-0.15, -0.1) is 0 Å². The van der Waals surface area contributed by atoms with Crippen LogP contribution in [0.25, 0.3) is 11.3 Å². The van der Waals surface area contributed by atoms with Gasteiger partial charge in [0.2, 0.25) is 5.89 Å². The van der Waals surface area contributed by atoms with E-state index < -0.39 is 0 Å². The van der Waals surface area contributed by atoms with Gasteiger partial charge in [-0.25, -0.2) is 4.98 Å². The van der Waals surface area contributed by atoms with E-state index in [1.54, 1.807) is 6.20 Å². The molecule has 3 rings (SSSR count). The van der Waals surface area contributed by atoms with Gasteiger partial charge in [0.1, 0.15) is 0 Å². The third kappa shape index (κ3) is 3.66. The number of hydrogen-bond donors (Lipinski definition) is 0. The highest BCUT2D eigenvalue weighted by Gasteiger charge is 2.23. The summed E-state index contributed by atoms with van der Waals surface area (Å²) in [5.74, 6) is 3.10. The fourth-order valence-corrected chi connectivity index (χ4v) is 3.37. The van der Waals surface area contributed by atoms with Gasteiger partial charge in [-0.3, -0.25) is 4.90 Å². The van der Waals surface area contributed by atoms with Crippen LogP contribution in [-0.2, 0) is 6.54 Å². The van der Waals surface area contributed by atoms with Crippen molar-refractivity contribution in [1.82, 2.24) is 9.88 Å². The lowest BCUT2D eigenvalue weighted by atomic mass is 9.92. The molecule has 3 nitrogen and oxygen atoms in total. The van der Waals surface area contributed by atoms with Crippen LogP contribution in [0.5, 0.6) is 0 Å². The average molecular weight is 305 g/mol. The number of halogens is 1. The lowest BCUT2D eigenvalue weighted by Crippen LogP contribution is -2.38. The first-order valence-electron chi connectivity index (χ1n) is 7.53. The van der Waals surface area contributed by atoms with Gasteiger partial charge in [-0.05, 0) is 42.5 Å². The van der Waals surface area contributed by atoms with Crippen LogP contribution in [0.2, 0.25) is 5.02 Å². The monoisotopic (exact) mass is 304 g/mol. The minimum Gasteiger partial charge on any atom is -0.439 e. The normalized spacial score (nSPS) is 23.4. The van der Waals surface area contributed by atoms with Crippen LogP contribution >= 0.6 is 11.6 Å². The molecule has 0 unspecified atom stereocenters. The summed E-state index contributed by atoms with van der Waals surface area (Å²) in [6, 6.07) is 7.65. The molecule has 21 heavy (non-hydrogen) atoms. The number of piperidine rings is 1. The maximum atomic E-state index is 5.91. The van der Waals surface area contributed by atoms with Gasteiger partial charge in [0.25, 0.3) is 0 Å². The van der Waals surface area contributed by atoms with Crippen LogP contribution < -0.4 is 0 Å². The summed E-state index contributed by atoms with van der Waals surface area (Å²) in [5, 5.41) is 0.731. The van der Waals surface area contributed by atoms with E-state index in [9.17, 15) is 0 Å². The lowest BCUT2D eigenvalue weighted by molar-refractivity contribution is 0.124. The van der Waals surface area contributed by atoms with E-state index in [1.807, 2.05) is 24.3 Å². The highest BCUT2D eigenvalue weighted by molar-refractivity contribution is 6.30. The third-order valence-corrected chi connectivity index (χ3v) is 4.24. The molecular formula is C17H21ClN2O. The van der Waals surface area contributed by atoms with Crippen LogP contribution in [-0.4, -0.2) is 23.0 Å². The molecule has 0 aliphatic carbocycles. The first-order valence-corrected chi connectivity index (χ1v) is 7.91. The zero-order valence-electron chi connectivity index (χ0n) is 12.6. The van der Waals surface area contributed by atoms with Gasteiger partial charge >= 0.3 is 0 Å². The van der Waals surface area contributed by atoms with E-state index in [0.717, 1.165) is 53.7 Å². The summed E-state index contributed by atoms with van der Waals surface area (Å²) >= 11 is 5.91. The van der Waals surface area contributed by atoms with Crippen molar-refractivity contribution in [2.24, 2.45) is 11.8 Å². The maximum Gasteiger partial charge on any atom is 0.209 e. The van der Waals surface area contributed by atoms with Crippen LogP contribution in [0.1, 0.15) is 26.2 Å². The molecule has 0 radical (unpaired) electrons. The largest absolute Gasteiger partial charge is 0.439 e. The minimum absolute atomic E-state index is 0.731. The molecule has 1 aromatic heterocycles. The Labute approximate surface area is 130 Å². The lowest BCUT2D eigenvalue weighted by Gasteiger charge is -2.34. The van der Waals surface area contributed by atoms with Crippen molar-refractivity contribution in [1.29, 1.82) is 0 Å². The molecule has 1 aliphatic heterocycles. The van der Waals surface area contributed by atoms with Crippen molar-refractivity contribution in [2.45, 2.75) is 26.8 Å². The summed E-state index contributed by atoms with van der Waals surface area (Å²) in [6.45, 7) is 7.68. The SMILES string of the molecule is C[C@@H]1C[C@@H](C)CN(Cc2ncc(-c3ccc(Cl)cc3)o2)C1. The van der Waals surface area contributed by atoms with E-state index in [4.69, 9.17) is 16.0 Å². The smallest absolute Gasteiger partial charge is 0.209 e. The Morgan fingerprint density at radius 3 is 2.52 bits per heavy atom. The Morgan fingerprint density at radius 2 is 1.86 bits per heavy atom. The molecule has 1 fully saturated rings. The molecular weight excluding hydrogens is 284 g/mol. The fraction of sp³-hybridized carbons (Fsp3) is 0.471. The molecule has 0 bridgehead atoms. The highest BCUT2D eigenvalue weighted by atomic mass is 35.5. The number of rotatable bonds is 3. The summed E-state index contributed by atoms with van der Waals surface area (Å²) in [7, 11) is 0. The van der Waals surface area contributed by atoms with Gasteiger partial charge in [-0.2, -0.15) is 0 Å². The Hall–Kier alpha value is -1.32. The number of aromatic nitrogens is 1. The summed E-state index contributed by atoms with van der Waals surface area (Å²) < 4.78 is 5.89. The van der Waals surface area contributed by atoms with Crippen LogP contribution in [0, 0.1) is 11.8 Å². The van der Waals surface area contributed by atoms with E-state index in [-0.39, 0.29) is 0 Å². The van der Waals surface area contributed by atoms with E-state index in [0.29, 0.717) is 0 Å². The molecule has 112 valence electrons. The van der Waals surface area contributed by atoms with Crippen molar-refractivity contribution in [3.63, 3.8) is 0 Å². The van der Waals surface area contributed by atoms with Gasteiger partial charge in [-0.1, -0.05) is 25.4 Å². The van der Waals surface area contributed by atoms with Gasteiger partial charge < -0.3 is 4.42 Å². The molecule has 0 N–H and O–H groups in total. The first kappa shape index (κ1) is 14.6. The first-order chi connectivity index (χ1) is 10.1. The summed E-state index contributed by atoms with van der Waals surface area (Å²) in [6.07, 6.45) is 3.12. The average Bonchev–Trinajstić information content (AvgIpc) is 2.87. The fourth-order valence-electron chi connectivity index (χ4n) is 3.24. The third-order valence-electron chi connectivity index (χ3n) is 3.99. The zero-order valence-corrected chi connectivity index (χ0v) is 13.3. The second kappa shape index (κ2) is 6.20. The highest BCUT2D eigenvalue weighted by Crippen LogP contribution is 2.25. The quantitative estimate of drug-likeness (QED) is 0.837. The second-order valence-corrected chi connectivity index (χ2v) is 6.70. The predicted octanol–water partition coefficient (Wildman–Crippen LogP) is 4.47. The van der Waals surface area contributed by atoms with Crippen LogP contribution in [0.15, 0.2) is 34.9 Å². The Bertz CT molecular complexity index is 583. The molecule has 4 heteroatoms. The number of benzene rings is 1. The molecule has 0 spiro atoms. The number of oxazole rings is 1. The molecule has 2 heterocycles. The molecule has 2 atom stereocenters. The molecule has 1 aliphatic rings. The van der Waals surface area contributed by atoms with Crippen molar-refractivity contribution >= 4 is 11.6 Å². The molecule has 2 aromatic rings. The Balaban J connectivity index is 1.69. The van der Waals surface area contributed by atoms with E-state index >= 15 is 0 Å². The summed E-state index contributed by atoms with van der Waals surface area (Å²) in [4.78, 5) is 6.86. The zero-order chi connectivity index (χ0) is 14.8. The Morgan fingerprint density at radius 1 is 1.19 bits per heavy atom. The van der Waals surface area contributed by atoms with Crippen molar-refractivity contribution < 1.29 is 4.42 Å². The van der Waals surface area contributed by atoms with E-state index in [1.165, 1.54) is 6.42 Å². The van der Waals surface area contributed by atoms with E-state index in [2.05, 4.69) is 23.7 Å². The topological polar surface area (TPSA) is 29.3 Å². The van der Waals surface area contributed by atoms with Gasteiger partial charge in [0.05, 0.1) is 12.7 Å². The second-order valence-electron chi connectivity index (χ2n) is 6.27. The van der Waals surface area contributed by atoms with Gasteiger partial charge in [0.15, 0.2) is 5.76 Å². The van der Waals surface area contributed by atoms with Crippen molar-refractivity contribution in [3.8, 4) is 11.3 Å². The van der Waals surface area contributed by atoms with Crippen molar-refractivity contribution in [3.05, 3.63) is 41.4 Å². The minimum atomic E-state index is 0.731. The molecule has 0 saturated carbocycles. The van der Waals surface area contributed by atoms with Gasteiger partial charge in [0, 0.05) is 23.7 Å². The summed E-state index contributed by atoms with van der Waals surface area (Å²) in [5.41, 5.74) is 1.01. The molecule has 1 saturated heterocycles. The van der Waals surface area contributed by atoms with Crippen LogP contribution in [0.3, 0.4) is 0 Å².